The summed E-state index contributed by atoms with van der Waals surface area (Å²) in [5.41, 5.74) is 0. The molecule has 1 nitrogen and oxygen atoms in total. The SMILES string of the molecule is CCCCCCCCCCOc1c(F)c(F)c(F)c(F)c1F. The van der Waals surface area contributed by atoms with E-state index in [0.29, 0.717) is 6.42 Å². The summed E-state index contributed by atoms with van der Waals surface area (Å²) in [5.74, 6) is -11.2. The lowest BCUT2D eigenvalue weighted by Crippen LogP contribution is -2.08. The van der Waals surface area contributed by atoms with Crippen LogP contribution in [0.25, 0.3) is 0 Å². The molecule has 0 bridgehead atoms. The molecule has 0 saturated carbocycles. The van der Waals surface area contributed by atoms with Gasteiger partial charge in [-0.1, -0.05) is 51.9 Å². The summed E-state index contributed by atoms with van der Waals surface area (Å²) in [5, 5.41) is 0. The van der Waals surface area contributed by atoms with E-state index in [1.165, 1.54) is 19.3 Å². The van der Waals surface area contributed by atoms with Gasteiger partial charge in [-0.3, -0.25) is 0 Å². The Morgan fingerprint density at radius 2 is 1.00 bits per heavy atom. The third-order valence-electron chi connectivity index (χ3n) is 3.41. The lowest BCUT2D eigenvalue weighted by atomic mass is 10.1. The van der Waals surface area contributed by atoms with E-state index in [2.05, 4.69) is 6.92 Å². The summed E-state index contributed by atoms with van der Waals surface area (Å²) in [4.78, 5) is 0. The molecule has 126 valence electrons. The van der Waals surface area contributed by atoms with E-state index >= 15 is 0 Å². The second-order valence-corrected chi connectivity index (χ2v) is 5.22. The van der Waals surface area contributed by atoms with Crippen molar-refractivity contribution in [3.05, 3.63) is 29.1 Å². The van der Waals surface area contributed by atoms with Crippen molar-refractivity contribution in [2.45, 2.75) is 58.3 Å². The van der Waals surface area contributed by atoms with Gasteiger partial charge in [-0.25, -0.2) is 13.2 Å². The molecule has 0 atom stereocenters. The molecule has 0 fully saturated rings. The molecular formula is C16H21F5O. The van der Waals surface area contributed by atoms with Crippen LogP contribution in [0.15, 0.2) is 0 Å². The predicted octanol–water partition coefficient (Wildman–Crippen LogP) is 5.90. The minimum atomic E-state index is -2.17. The first-order chi connectivity index (χ1) is 10.5. The minimum absolute atomic E-state index is 0.0761. The Kier molecular flexibility index (Phi) is 8.20. The Morgan fingerprint density at radius 3 is 1.50 bits per heavy atom. The quantitative estimate of drug-likeness (QED) is 0.225. The normalized spacial score (nSPS) is 11.0. The van der Waals surface area contributed by atoms with Crippen LogP contribution in [0.3, 0.4) is 0 Å². The molecule has 1 aromatic rings. The minimum Gasteiger partial charge on any atom is -0.487 e. The summed E-state index contributed by atoms with van der Waals surface area (Å²) < 4.78 is 70.1. The van der Waals surface area contributed by atoms with Gasteiger partial charge in [0.05, 0.1) is 6.61 Å². The van der Waals surface area contributed by atoms with Crippen LogP contribution in [-0.4, -0.2) is 6.61 Å². The predicted molar refractivity (Wildman–Crippen MR) is 74.3 cm³/mol. The van der Waals surface area contributed by atoms with Crippen molar-refractivity contribution >= 4 is 0 Å². The molecule has 0 heterocycles. The van der Waals surface area contributed by atoms with Crippen LogP contribution in [0.4, 0.5) is 22.0 Å². The van der Waals surface area contributed by atoms with Gasteiger partial charge in [-0.2, -0.15) is 8.78 Å². The third-order valence-corrected chi connectivity index (χ3v) is 3.41. The van der Waals surface area contributed by atoms with Gasteiger partial charge in [0.1, 0.15) is 0 Å². The smallest absolute Gasteiger partial charge is 0.206 e. The summed E-state index contributed by atoms with van der Waals surface area (Å²) in [6.07, 6.45) is 8.06. The molecule has 6 heteroatoms. The molecule has 0 aliphatic heterocycles. The molecule has 0 saturated heterocycles. The van der Waals surface area contributed by atoms with E-state index in [1.54, 1.807) is 0 Å². The van der Waals surface area contributed by atoms with Gasteiger partial charge < -0.3 is 4.74 Å². The van der Waals surface area contributed by atoms with E-state index in [0.717, 1.165) is 25.7 Å². The molecule has 0 spiro atoms. The molecular weight excluding hydrogens is 303 g/mol. The van der Waals surface area contributed by atoms with Crippen LogP contribution in [0.5, 0.6) is 5.75 Å². The van der Waals surface area contributed by atoms with Gasteiger partial charge in [0.2, 0.25) is 29.1 Å². The molecule has 0 radical (unpaired) electrons. The van der Waals surface area contributed by atoms with E-state index in [4.69, 9.17) is 4.74 Å². The molecule has 0 unspecified atom stereocenters. The van der Waals surface area contributed by atoms with Gasteiger partial charge >= 0.3 is 0 Å². The van der Waals surface area contributed by atoms with Crippen LogP contribution in [0.1, 0.15) is 58.3 Å². The van der Waals surface area contributed by atoms with Crippen molar-refractivity contribution in [2.24, 2.45) is 0 Å². The highest BCUT2D eigenvalue weighted by atomic mass is 19.2. The van der Waals surface area contributed by atoms with Gasteiger partial charge in [-0.15, -0.1) is 0 Å². The lowest BCUT2D eigenvalue weighted by Gasteiger charge is -2.10. The average molecular weight is 324 g/mol. The summed E-state index contributed by atoms with van der Waals surface area (Å²) in [6.45, 7) is 2.06. The summed E-state index contributed by atoms with van der Waals surface area (Å²) >= 11 is 0. The third kappa shape index (κ3) is 5.14. The monoisotopic (exact) mass is 324 g/mol. The van der Waals surface area contributed by atoms with Gasteiger partial charge in [-0.05, 0) is 6.42 Å². The zero-order valence-electron chi connectivity index (χ0n) is 12.7. The fourth-order valence-corrected chi connectivity index (χ4v) is 2.12. The molecule has 0 aliphatic carbocycles. The van der Waals surface area contributed by atoms with Gasteiger partial charge in [0.25, 0.3) is 0 Å². The first-order valence-corrected chi connectivity index (χ1v) is 7.64. The molecule has 1 rings (SSSR count). The number of hydrogen-bond donors (Lipinski definition) is 0. The van der Waals surface area contributed by atoms with E-state index in [1.807, 2.05) is 0 Å². The topological polar surface area (TPSA) is 9.23 Å². The Balaban J connectivity index is 2.34. The average Bonchev–Trinajstić information content (AvgIpc) is 2.52. The van der Waals surface area contributed by atoms with Crippen molar-refractivity contribution in [3.63, 3.8) is 0 Å². The van der Waals surface area contributed by atoms with Crippen LogP contribution in [0.2, 0.25) is 0 Å². The Morgan fingerprint density at radius 1 is 0.591 bits per heavy atom. The molecule has 0 N–H and O–H groups in total. The van der Waals surface area contributed by atoms with Crippen LogP contribution >= 0.6 is 0 Å². The first kappa shape index (κ1) is 18.7. The number of benzene rings is 1. The first-order valence-electron chi connectivity index (χ1n) is 7.64. The zero-order chi connectivity index (χ0) is 16.5. The van der Waals surface area contributed by atoms with Crippen molar-refractivity contribution in [3.8, 4) is 5.75 Å². The second-order valence-electron chi connectivity index (χ2n) is 5.22. The fourth-order valence-electron chi connectivity index (χ4n) is 2.12. The molecule has 0 aromatic heterocycles. The van der Waals surface area contributed by atoms with Crippen molar-refractivity contribution in [2.75, 3.05) is 6.61 Å². The van der Waals surface area contributed by atoms with Crippen LogP contribution in [-0.2, 0) is 0 Å². The highest BCUT2D eigenvalue weighted by Crippen LogP contribution is 2.29. The Hall–Kier alpha value is -1.33. The number of rotatable bonds is 10. The standard InChI is InChI=1S/C16H21F5O/c1-2-3-4-5-6-7-8-9-10-22-16-14(20)12(18)11(17)13(19)15(16)21/h2-10H2,1H3. The van der Waals surface area contributed by atoms with E-state index in [9.17, 15) is 22.0 Å². The highest BCUT2D eigenvalue weighted by Gasteiger charge is 2.26. The number of halogens is 5. The van der Waals surface area contributed by atoms with Crippen molar-refractivity contribution in [1.29, 1.82) is 0 Å². The lowest BCUT2D eigenvalue weighted by molar-refractivity contribution is 0.255. The fraction of sp³-hybridized carbons (Fsp3) is 0.625. The second kappa shape index (κ2) is 9.64. The number of ether oxygens (including phenoxy) is 1. The maximum atomic E-state index is 13.3. The highest BCUT2D eigenvalue weighted by molar-refractivity contribution is 5.29. The largest absolute Gasteiger partial charge is 0.487 e. The number of unbranched alkanes of at least 4 members (excludes halogenated alkanes) is 7. The van der Waals surface area contributed by atoms with Gasteiger partial charge in [0.15, 0.2) is 5.75 Å². The van der Waals surface area contributed by atoms with Crippen molar-refractivity contribution < 1.29 is 26.7 Å². The molecule has 0 amide bonds. The van der Waals surface area contributed by atoms with E-state index in [-0.39, 0.29) is 6.61 Å². The van der Waals surface area contributed by atoms with Gasteiger partial charge in [0, 0.05) is 0 Å². The van der Waals surface area contributed by atoms with E-state index < -0.39 is 34.8 Å². The zero-order valence-corrected chi connectivity index (χ0v) is 12.7. The molecule has 0 aliphatic rings. The Labute approximate surface area is 127 Å². The molecule has 22 heavy (non-hydrogen) atoms. The summed E-state index contributed by atoms with van der Waals surface area (Å²) in [6, 6.07) is 0. The molecule has 1 aromatic carbocycles. The Bertz CT molecular complexity index is 447. The van der Waals surface area contributed by atoms with Crippen LogP contribution in [0, 0.1) is 29.1 Å². The maximum Gasteiger partial charge on any atom is 0.206 e. The maximum absolute atomic E-state index is 13.3. The van der Waals surface area contributed by atoms with Crippen LogP contribution < -0.4 is 4.74 Å². The summed E-state index contributed by atoms with van der Waals surface area (Å²) in [7, 11) is 0. The van der Waals surface area contributed by atoms with Crippen molar-refractivity contribution in [1.82, 2.24) is 0 Å². The number of hydrogen-bond acceptors (Lipinski definition) is 1.